The summed E-state index contributed by atoms with van der Waals surface area (Å²) in [5, 5.41) is 2.67. The minimum Gasteiger partial charge on any atom is -0.348 e. The summed E-state index contributed by atoms with van der Waals surface area (Å²) in [5.41, 5.74) is 0.842. The third-order valence-electron chi connectivity index (χ3n) is 6.28. The van der Waals surface area contributed by atoms with Gasteiger partial charge < -0.3 is 10.2 Å². The summed E-state index contributed by atoms with van der Waals surface area (Å²) < 4.78 is 42.1. The Labute approximate surface area is 211 Å². The van der Waals surface area contributed by atoms with Crippen molar-refractivity contribution in [3.8, 4) is 0 Å². The zero-order chi connectivity index (χ0) is 25.8. The van der Waals surface area contributed by atoms with Crippen molar-refractivity contribution in [1.29, 1.82) is 0 Å². The van der Waals surface area contributed by atoms with Gasteiger partial charge in [0.2, 0.25) is 5.91 Å². The van der Waals surface area contributed by atoms with Crippen molar-refractivity contribution in [3.63, 3.8) is 0 Å². The first-order chi connectivity index (χ1) is 17.2. The zero-order valence-corrected chi connectivity index (χ0v) is 20.3. The molecule has 2 heterocycles. The first kappa shape index (κ1) is 25.6. The van der Waals surface area contributed by atoms with Gasteiger partial charge in [-0.3, -0.25) is 9.59 Å². The number of hydrogen-bond acceptors (Lipinski definition) is 4. The highest BCUT2D eigenvalue weighted by Gasteiger charge is 2.29. The van der Waals surface area contributed by atoms with Gasteiger partial charge in [0.25, 0.3) is 5.91 Å². The lowest BCUT2D eigenvalue weighted by Crippen LogP contribution is -2.39. The molecule has 10 heteroatoms. The van der Waals surface area contributed by atoms with Crippen LogP contribution in [0.4, 0.5) is 13.2 Å². The molecule has 188 valence electrons. The van der Waals surface area contributed by atoms with E-state index in [0.29, 0.717) is 37.4 Å². The second-order valence-electron chi connectivity index (χ2n) is 8.64. The average Bonchev–Trinajstić information content (AvgIpc) is 2.87. The van der Waals surface area contributed by atoms with Gasteiger partial charge in [-0.15, -0.1) is 0 Å². The van der Waals surface area contributed by atoms with Gasteiger partial charge in [0.05, 0.1) is 22.7 Å². The Hall–Kier alpha value is -3.46. The average molecular weight is 517 g/mol. The molecule has 0 unspecified atom stereocenters. The van der Waals surface area contributed by atoms with E-state index in [2.05, 4.69) is 15.3 Å². The molecule has 1 aliphatic heterocycles. The number of amides is 2. The van der Waals surface area contributed by atoms with Gasteiger partial charge in [0, 0.05) is 42.9 Å². The molecule has 4 rings (SSSR count). The van der Waals surface area contributed by atoms with Gasteiger partial charge >= 0.3 is 0 Å². The maximum absolute atomic E-state index is 14.2. The number of nitrogens with one attached hydrogen (secondary N) is 1. The van der Waals surface area contributed by atoms with E-state index in [-0.39, 0.29) is 46.5 Å². The Morgan fingerprint density at radius 2 is 1.75 bits per heavy atom. The highest BCUT2D eigenvalue weighted by molar-refractivity contribution is 6.30. The predicted octanol–water partition coefficient (Wildman–Crippen LogP) is 4.73. The van der Waals surface area contributed by atoms with Crippen LogP contribution in [0.25, 0.3) is 0 Å². The fourth-order valence-electron chi connectivity index (χ4n) is 4.30. The summed E-state index contributed by atoms with van der Waals surface area (Å²) >= 11 is 5.81. The molecule has 2 amide bonds. The summed E-state index contributed by atoms with van der Waals surface area (Å²) in [5.74, 6) is -2.52. The van der Waals surface area contributed by atoms with E-state index < -0.39 is 23.4 Å². The van der Waals surface area contributed by atoms with Gasteiger partial charge in [-0.1, -0.05) is 29.8 Å². The van der Waals surface area contributed by atoms with E-state index >= 15 is 0 Å². The maximum atomic E-state index is 14.2. The van der Waals surface area contributed by atoms with Crippen LogP contribution in [0.1, 0.15) is 51.8 Å². The molecule has 1 N–H and O–H groups in total. The number of aryl methyl sites for hydroxylation is 1. The standard InChI is InChI=1S/C26H24ClF3N4O2/c1-15-31-14-19(26(36)32-13-17-4-2-5-20(27)24(17)30)25(33-15)16-8-10-34(11-9-16)23(35)12-18-21(28)6-3-7-22(18)29/h2-7,14,16H,8-13H2,1H3,(H,32,36). The highest BCUT2D eigenvalue weighted by Crippen LogP contribution is 2.30. The molecule has 1 fully saturated rings. The van der Waals surface area contributed by atoms with Gasteiger partial charge in [-0.05, 0) is 38.0 Å². The number of nitrogens with zero attached hydrogens (tertiary/aromatic N) is 3. The topological polar surface area (TPSA) is 75.2 Å². The van der Waals surface area contributed by atoms with Crippen molar-refractivity contribution < 1.29 is 22.8 Å². The third kappa shape index (κ3) is 5.67. The van der Waals surface area contributed by atoms with Crippen LogP contribution in [0, 0.1) is 24.4 Å². The molecule has 0 spiro atoms. The summed E-state index contributed by atoms with van der Waals surface area (Å²) in [6, 6.07) is 8.08. The van der Waals surface area contributed by atoms with Crippen LogP contribution < -0.4 is 5.32 Å². The fourth-order valence-corrected chi connectivity index (χ4v) is 4.49. The Morgan fingerprint density at radius 1 is 1.08 bits per heavy atom. The minimum atomic E-state index is -0.747. The lowest BCUT2D eigenvalue weighted by molar-refractivity contribution is -0.131. The molecule has 36 heavy (non-hydrogen) atoms. The lowest BCUT2D eigenvalue weighted by Gasteiger charge is -2.32. The number of benzene rings is 2. The second kappa shape index (κ2) is 11.1. The predicted molar refractivity (Wildman–Crippen MR) is 128 cm³/mol. The van der Waals surface area contributed by atoms with Gasteiger partial charge in [-0.25, -0.2) is 23.1 Å². The molecule has 0 atom stereocenters. The van der Waals surface area contributed by atoms with Crippen LogP contribution in [0.5, 0.6) is 0 Å². The van der Waals surface area contributed by atoms with Crippen LogP contribution in [0.15, 0.2) is 42.6 Å². The summed E-state index contributed by atoms with van der Waals surface area (Å²) in [7, 11) is 0. The lowest BCUT2D eigenvalue weighted by atomic mass is 9.90. The Morgan fingerprint density at radius 3 is 2.44 bits per heavy atom. The van der Waals surface area contributed by atoms with Crippen molar-refractivity contribution >= 4 is 23.4 Å². The first-order valence-electron chi connectivity index (χ1n) is 11.5. The summed E-state index contributed by atoms with van der Waals surface area (Å²) in [6.07, 6.45) is 2.12. The number of likely N-dealkylation sites (tertiary alicyclic amines) is 1. The quantitative estimate of drug-likeness (QED) is 0.514. The first-order valence-corrected chi connectivity index (χ1v) is 11.9. The minimum absolute atomic E-state index is 0.0276. The Kier molecular flexibility index (Phi) is 7.88. The van der Waals surface area contributed by atoms with E-state index in [1.807, 2.05) is 0 Å². The second-order valence-corrected chi connectivity index (χ2v) is 9.05. The van der Waals surface area contributed by atoms with Gasteiger partial charge in [-0.2, -0.15) is 0 Å². The summed E-state index contributed by atoms with van der Waals surface area (Å²) in [4.78, 5) is 35.8. The normalized spacial score (nSPS) is 14.1. The van der Waals surface area contributed by atoms with E-state index in [1.54, 1.807) is 17.9 Å². The molecule has 0 aliphatic carbocycles. The number of rotatable bonds is 6. The van der Waals surface area contributed by atoms with E-state index in [9.17, 15) is 22.8 Å². The molecule has 0 saturated carbocycles. The molecule has 1 aromatic heterocycles. The molecule has 1 aliphatic rings. The van der Waals surface area contributed by atoms with Gasteiger partial charge in [0.1, 0.15) is 23.3 Å². The van der Waals surface area contributed by atoms with Gasteiger partial charge in [0.15, 0.2) is 0 Å². The molecule has 0 radical (unpaired) electrons. The molecular formula is C26H24ClF3N4O2. The number of carbonyl (C=O) groups excluding carboxylic acids is 2. The van der Waals surface area contributed by atoms with Crippen LogP contribution in [-0.2, 0) is 17.8 Å². The number of carbonyl (C=O) groups is 2. The number of hydrogen-bond donors (Lipinski definition) is 1. The number of piperidine rings is 1. The fraction of sp³-hybridized carbons (Fsp3) is 0.308. The van der Waals surface area contributed by atoms with E-state index in [4.69, 9.17) is 11.6 Å². The molecule has 0 bridgehead atoms. The van der Waals surface area contributed by atoms with Crippen LogP contribution in [-0.4, -0.2) is 39.8 Å². The smallest absolute Gasteiger partial charge is 0.254 e. The number of halogens is 4. The Balaban J connectivity index is 1.42. The van der Waals surface area contributed by atoms with Crippen molar-refractivity contribution in [3.05, 3.63) is 93.3 Å². The molecule has 3 aromatic rings. The Bertz CT molecular complexity index is 1280. The molecule has 2 aromatic carbocycles. The number of aromatic nitrogens is 2. The SMILES string of the molecule is Cc1ncc(C(=O)NCc2cccc(Cl)c2F)c(C2CCN(C(=O)Cc3c(F)cccc3F)CC2)n1. The van der Waals surface area contributed by atoms with Crippen LogP contribution in [0.3, 0.4) is 0 Å². The van der Waals surface area contributed by atoms with Crippen LogP contribution in [0.2, 0.25) is 5.02 Å². The molecule has 1 saturated heterocycles. The zero-order valence-electron chi connectivity index (χ0n) is 19.5. The third-order valence-corrected chi connectivity index (χ3v) is 6.57. The molecular weight excluding hydrogens is 493 g/mol. The van der Waals surface area contributed by atoms with Crippen molar-refractivity contribution in [1.82, 2.24) is 20.2 Å². The maximum Gasteiger partial charge on any atom is 0.254 e. The monoisotopic (exact) mass is 516 g/mol. The summed E-state index contributed by atoms with van der Waals surface area (Å²) in [6.45, 7) is 2.38. The van der Waals surface area contributed by atoms with E-state index in [1.165, 1.54) is 24.4 Å². The largest absolute Gasteiger partial charge is 0.348 e. The van der Waals surface area contributed by atoms with Crippen molar-refractivity contribution in [2.45, 2.75) is 38.6 Å². The highest BCUT2D eigenvalue weighted by atomic mass is 35.5. The van der Waals surface area contributed by atoms with E-state index in [0.717, 1.165) is 12.1 Å². The molecule has 6 nitrogen and oxygen atoms in total. The van der Waals surface area contributed by atoms with Crippen LogP contribution >= 0.6 is 11.6 Å². The van der Waals surface area contributed by atoms with Crippen molar-refractivity contribution in [2.24, 2.45) is 0 Å². The van der Waals surface area contributed by atoms with Crippen molar-refractivity contribution in [2.75, 3.05) is 13.1 Å².